The zero-order valence-electron chi connectivity index (χ0n) is 10.9. The second-order valence-electron chi connectivity index (χ2n) is 3.86. The van der Waals surface area contributed by atoms with Gasteiger partial charge in [0.05, 0.1) is 6.04 Å². The molecule has 0 aliphatic rings. The highest BCUT2D eigenvalue weighted by molar-refractivity contribution is 5.80. The van der Waals surface area contributed by atoms with Crippen LogP contribution in [0.3, 0.4) is 0 Å². The Morgan fingerprint density at radius 3 is 2.00 bits per heavy atom. The van der Waals surface area contributed by atoms with Crippen molar-refractivity contribution in [3.05, 3.63) is 12.3 Å². The number of rotatable bonds is 5. The molecule has 0 aromatic rings. The quantitative estimate of drug-likeness (QED) is 0.634. The molecule has 0 fully saturated rings. The van der Waals surface area contributed by atoms with E-state index in [1.165, 1.54) is 6.92 Å². The Labute approximate surface area is 98.4 Å². The number of hydrogen-bond acceptors (Lipinski definition) is 3. The lowest BCUT2D eigenvalue weighted by Crippen LogP contribution is -2.41. The average molecular weight is 231 g/mol. The van der Waals surface area contributed by atoms with Crippen molar-refractivity contribution in [2.24, 2.45) is 5.92 Å². The van der Waals surface area contributed by atoms with Gasteiger partial charge in [-0.1, -0.05) is 34.3 Å². The lowest BCUT2D eigenvalue weighted by atomic mass is 10.0. The number of aliphatic hydroxyl groups is 2. The molecule has 4 heteroatoms. The zero-order chi connectivity index (χ0) is 13.3. The molecule has 96 valence electrons. The first kappa shape index (κ1) is 17.4. The summed E-state index contributed by atoms with van der Waals surface area (Å²) in [6, 6.07) is -0.475. The molecule has 1 amide bonds. The average Bonchev–Trinajstić information content (AvgIpc) is 2.18. The van der Waals surface area contributed by atoms with Crippen LogP contribution in [0.15, 0.2) is 12.3 Å². The Kier molecular flexibility index (Phi) is 10.0. The SMILES string of the molecule is C=C(O)C(CC(C)C)NC(=O)C(C)O.CC. The van der Waals surface area contributed by atoms with Gasteiger partial charge in [-0.2, -0.15) is 0 Å². The zero-order valence-corrected chi connectivity index (χ0v) is 10.9. The molecule has 2 unspecified atom stereocenters. The Bertz CT molecular complexity index is 212. The molecular weight excluding hydrogens is 206 g/mol. The van der Waals surface area contributed by atoms with Gasteiger partial charge in [0.1, 0.15) is 11.9 Å². The maximum Gasteiger partial charge on any atom is 0.249 e. The van der Waals surface area contributed by atoms with E-state index in [1.54, 1.807) is 0 Å². The number of nitrogens with one attached hydrogen (secondary N) is 1. The summed E-state index contributed by atoms with van der Waals surface area (Å²) in [7, 11) is 0. The molecule has 4 nitrogen and oxygen atoms in total. The van der Waals surface area contributed by atoms with Crippen molar-refractivity contribution in [1.82, 2.24) is 5.32 Å². The number of carbonyl (C=O) groups excluding carboxylic acids is 1. The lowest BCUT2D eigenvalue weighted by Gasteiger charge is -2.20. The standard InChI is InChI=1S/C10H19NO3.C2H6/c1-6(2)5-9(7(3)12)11-10(14)8(4)13;1-2/h6,8-9,12-13H,3,5H2,1-2,4H3,(H,11,14);1-2H3. The van der Waals surface area contributed by atoms with Crippen LogP contribution in [-0.2, 0) is 4.79 Å². The molecule has 0 aliphatic heterocycles. The van der Waals surface area contributed by atoms with Crippen molar-refractivity contribution in [2.75, 3.05) is 0 Å². The summed E-state index contributed by atoms with van der Waals surface area (Å²) < 4.78 is 0. The van der Waals surface area contributed by atoms with Crippen LogP contribution in [-0.4, -0.2) is 28.3 Å². The van der Waals surface area contributed by atoms with Crippen LogP contribution in [0.1, 0.15) is 41.0 Å². The third kappa shape index (κ3) is 8.29. The van der Waals surface area contributed by atoms with Gasteiger partial charge in [-0.3, -0.25) is 4.79 Å². The first-order valence-electron chi connectivity index (χ1n) is 5.70. The molecule has 0 saturated carbocycles. The number of hydrogen-bond donors (Lipinski definition) is 3. The van der Waals surface area contributed by atoms with Crippen LogP contribution in [0.5, 0.6) is 0 Å². The maximum atomic E-state index is 11.1. The third-order valence-corrected chi connectivity index (χ3v) is 1.81. The van der Waals surface area contributed by atoms with Gasteiger partial charge in [-0.25, -0.2) is 0 Å². The molecule has 16 heavy (non-hydrogen) atoms. The van der Waals surface area contributed by atoms with Crippen molar-refractivity contribution in [3.63, 3.8) is 0 Å². The fourth-order valence-electron chi connectivity index (χ4n) is 1.04. The molecule has 2 atom stereocenters. The van der Waals surface area contributed by atoms with E-state index in [-0.39, 0.29) is 5.76 Å². The maximum absolute atomic E-state index is 11.1. The van der Waals surface area contributed by atoms with Crippen LogP contribution in [0.4, 0.5) is 0 Å². The van der Waals surface area contributed by atoms with Crippen LogP contribution in [0.25, 0.3) is 0 Å². The van der Waals surface area contributed by atoms with Gasteiger partial charge in [-0.05, 0) is 19.3 Å². The van der Waals surface area contributed by atoms with Gasteiger partial charge < -0.3 is 15.5 Å². The normalized spacial score (nSPS) is 13.4. The van der Waals surface area contributed by atoms with Crippen LogP contribution in [0, 0.1) is 5.92 Å². The van der Waals surface area contributed by atoms with Crippen LogP contribution >= 0.6 is 0 Å². The highest BCUT2D eigenvalue weighted by Crippen LogP contribution is 2.09. The highest BCUT2D eigenvalue weighted by atomic mass is 16.3. The molecule has 0 aromatic carbocycles. The summed E-state index contributed by atoms with van der Waals surface area (Å²) >= 11 is 0. The van der Waals surface area contributed by atoms with Gasteiger partial charge in [0.2, 0.25) is 5.91 Å². The summed E-state index contributed by atoms with van der Waals surface area (Å²) in [5.41, 5.74) is 0. The van der Waals surface area contributed by atoms with E-state index < -0.39 is 18.1 Å². The number of amides is 1. The van der Waals surface area contributed by atoms with E-state index in [0.29, 0.717) is 12.3 Å². The Hall–Kier alpha value is -1.03. The Morgan fingerprint density at radius 2 is 1.75 bits per heavy atom. The van der Waals surface area contributed by atoms with Crippen molar-refractivity contribution in [2.45, 2.75) is 53.2 Å². The fourth-order valence-corrected chi connectivity index (χ4v) is 1.04. The summed E-state index contributed by atoms with van der Waals surface area (Å²) in [5.74, 6) is -0.239. The minimum atomic E-state index is -1.07. The monoisotopic (exact) mass is 231 g/mol. The predicted molar refractivity (Wildman–Crippen MR) is 66.2 cm³/mol. The minimum absolute atomic E-state index is 0.0762. The molecule has 0 aromatic heterocycles. The first-order chi connectivity index (χ1) is 7.34. The summed E-state index contributed by atoms with van der Waals surface area (Å²) in [4.78, 5) is 11.1. The molecule has 0 saturated heterocycles. The van der Waals surface area contributed by atoms with Crippen molar-refractivity contribution in [3.8, 4) is 0 Å². The summed E-state index contributed by atoms with van der Waals surface area (Å²) in [6.45, 7) is 12.7. The molecule has 3 N–H and O–H groups in total. The Balaban J connectivity index is 0. The van der Waals surface area contributed by atoms with E-state index >= 15 is 0 Å². The molecular formula is C12H25NO3. The topological polar surface area (TPSA) is 69.6 Å². The summed E-state index contributed by atoms with van der Waals surface area (Å²) in [5, 5.41) is 20.7. The van der Waals surface area contributed by atoms with Gasteiger partial charge in [-0.15, -0.1) is 0 Å². The van der Waals surface area contributed by atoms with Gasteiger partial charge in [0, 0.05) is 0 Å². The number of aliphatic hydroxyl groups excluding tert-OH is 2. The first-order valence-corrected chi connectivity index (χ1v) is 5.70. The van der Waals surface area contributed by atoms with Crippen LogP contribution in [0.2, 0.25) is 0 Å². The predicted octanol–water partition coefficient (Wildman–Crippen LogP) is 2.00. The molecule has 0 radical (unpaired) electrons. The van der Waals surface area contributed by atoms with Gasteiger partial charge >= 0.3 is 0 Å². The highest BCUT2D eigenvalue weighted by Gasteiger charge is 2.18. The molecule has 0 aliphatic carbocycles. The van der Waals surface area contributed by atoms with E-state index in [1.807, 2.05) is 27.7 Å². The van der Waals surface area contributed by atoms with E-state index in [2.05, 4.69) is 11.9 Å². The molecule has 0 rings (SSSR count). The third-order valence-electron chi connectivity index (χ3n) is 1.81. The summed E-state index contributed by atoms with van der Waals surface area (Å²) in [6.07, 6.45) is -0.461. The van der Waals surface area contributed by atoms with Crippen molar-refractivity contribution >= 4 is 5.91 Å². The molecule has 0 spiro atoms. The number of carbonyl (C=O) groups is 1. The van der Waals surface area contributed by atoms with Crippen molar-refractivity contribution < 1.29 is 15.0 Å². The van der Waals surface area contributed by atoms with Gasteiger partial charge in [0.25, 0.3) is 0 Å². The van der Waals surface area contributed by atoms with Crippen LogP contribution < -0.4 is 5.32 Å². The molecule has 0 heterocycles. The second-order valence-corrected chi connectivity index (χ2v) is 3.86. The second kappa shape index (κ2) is 9.21. The largest absolute Gasteiger partial charge is 0.511 e. The van der Waals surface area contributed by atoms with E-state index in [0.717, 1.165) is 0 Å². The Morgan fingerprint density at radius 1 is 1.31 bits per heavy atom. The minimum Gasteiger partial charge on any atom is -0.511 e. The molecule has 0 bridgehead atoms. The van der Waals surface area contributed by atoms with E-state index in [4.69, 9.17) is 5.11 Å². The van der Waals surface area contributed by atoms with Crippen molar-refractivity contribution in [1.29, 1.82) is 0 Å². The van der Waals surface area contributed by atoms with E-state index in [9.17, 15) is 9.90 Å². The fraction of sp³-hybridized carbons (Fsp3) is 0.750. The smallest absolute Gasteiger partial charge is 0.249 e. The lowest BCUT2D eigenvalue weighted by molar-refractivity contribution is -0.129. The van der Waals surface area contributed by atoms with Gasteiger partial charge in [0.15, 0.2) is 0 Å².